The summed E-state index contributed by atoms with van der Waals surface area (Å²) < 4.78 is 51.2. The molecule has 1 aliphatic rings. The van der Waals surface area contributed by atoms with Crippen molar-refractivity contribution in [2.45, 2.75) is 211 Å². The number of esters is 1. The number of carbonyl (C=O) groups excluding carboxylic acids is 1. The van der Waals surface area contributed by atoms with Gasteiger partial charge in [0.1, 0.15) is 29.9 Å². The van der Waals surface area contributed by atoms with Crippen LogP contribution in [0, 0.1) is 5.41 Å². The number of thioether (sulfide) groups is 1. The minimum Gasteiger partial charge on any atom is -0.846 e. The summed E-state index contributed by atoms with van der Waals surface area (Å²) in [5.74, 6) is 0.544. The maximum atomic E-state index is 12.8. The topological polar surface area (TPSA) is 246 Å². The molecule has 1 aromatic heterocycles. The molecule has 7 atom stereocenters. The van der Waals surface area contributed by atoms with Crippen molar-refractivity contribution in [2.75, 3.05) is 24.7 Å². The fraction of sp³-hybridized carbons (Fsp3) is 0.881. The predicted molar refractivity (Wildman–Crippen MR) is 232 cm³/mol. The van der Waals surface area contributed by atoms with E-state index in [1.54, 1.807) is 0 Å². The van der Waals surface area contributed by atoms with Crippen molar-refractivity contribution in [2.24, 2.45) is 0 Å². The number of ether oxygens (including phenoxy) is 2. The van der Waals surface area contributed by atoms with E-state index in [9.17, 15) is 39.0 Å². The van der Waals surface area contributed by atoms with E-state index in [0.717, 1.165) is 61.1 Å². The third-order valence-electron chi connectivity index (χ3n) is 10.7. The van der Waals surface area contributed by atoms with E-state index in [1.165, 1.54) is 127 Å². The van der Waals surface area contributed by atoms with Crippen LogP contribution in [0.4, 0.5) is 0 Å². The molecule has 4 N–H and O–H groups in total. The molecular formula is C42H77N3Na2O13P2S. The van der Waals surface area contributed by atoms with Crippen molar-refractivity contribution in [1.82, 2.24) is 9.55 Å². The molecule has 16 nitrogen and oxygen atoms in total. The van der Waals surface area contributed by atoms with Crippen LogP contribution in [0.15, 0.2) is 12.3 Å². The van der Waals surface area contributed by atoms with Crippen LogP contribution in [0.1, 0.15) is 187 Å². The molecule has 1 saturated heterocycles. The molecule has 356 valence electrons. The number of nitrogens with one attached hydrogen (secondary N) is 1. The van der Waals surface area contributed by atoms with Gasteiger partial charge in [-0.3, -0.25) is 19.3 Å². The SMILES string of the molecule is CCCCCCCCCCCCCCCCCCSCC(COP(=O)([O-])OP(=O)(O)OC[C@H]1O[C@@H](n2ccc(=N)nc2[O-])[C@@H](O)[C@@H]1O)OC(=O)CCCCCCCCCCC.[Na+].[Na+]. The number of unbranched alkanes of at least 4 members (excludes halogenated alkanes) is 23. The molecule has 1 aliphatic heterocycles. The van der Waals surface area contributed by atoms with Crippen molar-refractivity contribution >= 4 is 33.4 Å². The van der Waals surface area contributed by atoms with Gasteiger partial charge in [-0.1, -0.05) is 162 Å². The van der Waals surface area contributed by atoms with Gasteiger partial charge in [0.05, 0.1) is 19.2 Å². The molecule has 2 heterocycles. The van der Waals surface area contributed by atoms with Gasteiger partial charge >= 0.3 is 72.9 Å². The number of hydrogen-bond acceptors (Lipinski definition) is 15. The quantitative estimate of drug-likeness (QED) is 0.0321. The largest absolute Gasteiger partial charge is 1.00 e. The maximum absolute atomic E-state index is 12.8. The number of aromatic nitrogens is 2. The summed E-state index contributed by atoms with van der Waals surface area (Å²) in [6.45, 7) is 2.87. The number of phosphoric acid groups is 2. The number of phosphoric ester groups is 2. The summed E-state index contributed by atoms with van der Waals surface area (Å²) in [7, 11) is -10.9. The molecule has 63 heavy (non-hydrogen) atoms. The second-order valence-corrected chi connectivity index (χ2v) is 20.4. The normalized spacial score (nSPS) is 19.7. The van der Waals surface area contributed by atoms with Crippen molar-refractivity contribution in [3.63, 3.8) is 0 Å². The third kappa shape index (κ3) is 30.7. The molecule has 3 unspecified atom stereocenters. The monoisotopic (exact) mass is 971 g/mol. The van der Waals surface area contributed by atoms with Crippen LogP contribution in [0.2, 0.25) is 0 Å². The number of carbonyl (C=O) groups is 1. The first-order valence-corrected chi connectivity index (χ1v) is 27.1. The van der Waals surface area contributed by atoms with Gasteiger partial charge in [-0.25, -0.2) is 13.9 Å². The third-order valence-corrected chi connectivity index (χ3v) is 14.4. The van der Waals surface area contributed by atoms with Gasteiger partial charge in [0, 0.05) is 18.4 Å². The van der Waals surface area contributed by atoms with Gasteiger partial charge in [0.15, 0.2) is 6.23 Å². The molecule has 0 spiro atoms. The van der Waals surface area contributed by atoms with E-state index in [4.69, 9.17) is 23.9 Å². The zero-order valence-electron chi connectivity index (χ0n) is 38.9. The number of aliphatic hydroxyl groups is 2. The molecule has 0 aliphatic carbocycles. The first kappa shape index (κ1) is 63.6. The summed E-state index contributed by atoms with van der Waals surface area (Å²) in [5.41, 5.74) is -0.334. The van der Waals surface area contributed by atoms with E-state index >= 15 is 0 Å². The van der Waals surface area contributed by atoms with E-state index < -0.39 is 71.5 Å². The number of rotatable bonds is 39. The Hall–Kier alpha value is 0.640. The Morgan fingerprint density at radius 1 is 0.810 bits per heavy atom. The minimum atomic E-state index is -5.51. The molecule has 1 aromatic rings. The molecule has 0 amide bonds. The Labute approximate surface area is 425 Å². The van der Waals surface area contributed by atoms with Gasteiger partial charge in [-0.2, -0.15) is 11.8 Å². The summed E-state index contributed by atoms with van der Waals surface area (Å²) in [5, 5.41) is 40.4. The molecule has 0 bridgehead atoms. The second kappa shape index (κ2) is 38.5. The van der Waals surface area contributed by atoms with Crippen molar-refractivity contribution in [3.05, 3.63) is 17.8 Å². The first-order chi connectivity index (χ1) is 29.3. The van der Waals surface area contributed by atoms with Crippen molar-refractivity contribution in [1.29, 1.82) is 5.41 Å². The molecule has 2 rings (SSSR count). The van der Waals surface area contributed by atoms with Gasteiger partial charge in [-0.15, -0.1) is 0 Å². The van der Waals surface area contributed by atoms with E-state index in [0.29, 0.717) is 6.42 Å². The van der Waals surface area contributed by atoms with Crippen LogP contribution in [0.5, 0.6) is 6.01 Å². The van der Waals surface area contributed by atoms with Gasteiger partial charge < -0.3 is 43.7 Å². The molecule has 0 aromatic carbocycles. The number of aliphatic hydroxyl groups excluding tert-OH is 2. The summed E-state index contributed by atoms with van der Waals surface area (Å²) in [6, 6.07) is 0.205. The second-order valence-electron chi connectivity index (χ2n) is 16.2. The van der Waals surface area contributed by atoms with Crippen molar-refractivity contribution < 1.29 is 121 Å². The standard InChI is InChI=1S/C42H79N3O13P2S.2Na/c1-3-5-7-9-11-13-14-15-16-17-18-19-21-23-25-27-31-61-34-35(56-38(46)28-26-24-22-20-12-10-8-6-4-2)32-54-59(50,51)58-60(52,53)55-33-36-39(47)40(48)41(57-36)45-30-29-37(43)44-42(45)49;;/h29-30,35-36,39-41,47-48H,3-28,31-34H2,1-2H3,(H,50,51)(H,52,53)(H2,43,44,49);;/q;2*+1/p-2/t35?,36-,39-,40+,41-;;/m1../s1. The maximum Gasteiger partial charge on any atom is 1.00 e. The molecule has 0 radical (unpaired) electrons. The van der Waals surface area contributed by atoms with Crippen LogP contribution in [-0.4, -0.2) is 79.8 Å². The Kier molecular flexibility index (Phi) is 38.9. The summed E-state index contributed by atoms with van der Waals surface area (Å²) in [4.78, 5) is 39.1. The molecular weight excluding hydrogens is 894 g/mol. The Morgan fingerprint density at radius 2 is 1.29 bits per heavy atom. The average molecular weight is 972 g/mol. The fourth-order valence-corrected chi connectivity index (χ4v) is 10.2. The molecule has 0 saturated carbocycles. The number of nitrogens with zero attached hydrogens (tertiary/aromatic N) is 2. The molecule has 21 heteroatoms. The average Bonchev–Trinajstić information content (AvgIpc) is 3.49. The van der Waals surface area contributed by atoms with Gasteiger partial charge in [0.2, 0.25) is 0 Å². The Morgan fingerprint density at radius 3 is 1.78 bits per heavy atom. The van der Waals surface area contributed by atoms with Crippen LogP contribution >= 0.6 is 27.4 Å². The zero-order chi connectivity index (χ0) is 44.8. The van der Waals surface area contributed by atoms with Gasteiger partial charge in [0.25, 0.3) is 7.82 Å². The summed E-state index contributed by atoms with van der Waals surface area (Å²) in [6.07, 6.45) is 24.0. The van der Waals surface area contributed by atoms with Crippen molar-refractivity contribution in [3.8, 4) is 6.01 Å². The summed E-state index contributed by atoms with van der Waals surface area (Å²) >= 11 is 1.51. The van der Waals surface area contributed by atoms with Crippen LogP contribution in [-0.2, 0) is 36.8 Å². The minimum absolute atomic E-state index is 0. The number of hydrogen-bond donors (Lipinski definition) is 4. The Balaban J connectivity index is 0.0000192. The van der Waals surface area contributed by atoms with Crippen LogP contribution in [0.25, 0.3) is 0 Å². The smallest absolute Gasteiger partial charge is 0.846 e. The van der Waals surface area contributed by atoms with E-state index in [-0.39, 0.29) is 76.8 Å². The van der Waals surface area contributed by atoms with E-state index in [2.05, 4.69) is 23.1 Å². The fourth-order valence-electron chi connectivity index (χ4n) is 7.13. The Bertz CT molecular complexity index is 1470. The van der Waals surface area contributed by atoms with E-state index in [1.807, 2.05) is 0 Å². The first-order valence-electron chi connectivity index (χ1n) is 23.0. The van der Waals surface area contributed by atoms with Gasteiger partial charge in [-0.05, 0) is 24.7 Å². The van der Waals surface area contributed by atoms with Crippen LogP contribution < -0.4 is 74.6 Å². The van der Waals surface area contributed by atoms with Crippen LogP contribution in [0.3, 0.4) is 0 Å². The zero-order valence-corrected chi connectivity index (χ0v) is 45.5. The molecule has 1 fully saturated rings. The predicted octanol–water partition coefficient (Wildman–Crippen LogP) is 2.51.